The van der Waals surface area contributed by atoms with Crippen molar-refractivity contribution in [1.29, 1.82) is 0 Å². The maximum atomic E-state index is 12.5. The summed E-state index contributed by atoms with van der Waals surface area (Å²) < 4.78 is 8.26. The van der Waals surface area contributed by atoms with E-state index >= 15 is 0 Å². The number of carbonyl (C=O) groups excluding carboxylic acids is 1. The number of nitrogens with zero attached hydrogens (tertiary/aromatic N) is 2. The Labute approximate surface area is 130 Å². The number of aryl methyl sites for hydroxylation is 2. The topological polar surface area (TPSA) is 44.1 Å². The molecule has 0 aromatic carbocycles. The van der Waals surface area contributed by atoms with Crippen LogP contribution in [0.3, 0.4) is 0 Å². The summed E-state index contributed by atoms with van der Waals surface area (Å²) in [6.45, 7) is 10.9. The van der Waals surface area contributed by atoms with Gasteiger partial charge in [0.25, 0.3) is 0 Å². The maximum Gasteiger partial charge on any atom is 0.168 e. The quantitative estimate of drug-likeness (QED) is 0.794. The highest BCUT2D eigenvalue weighted by molar-refractivity contribution is 9.10. The third-order valence-electron chi connectivity index (χ3n) is 3.35. The second-order valence-corrected chi connectivity index (χ2v) is 6.79. The van der Waals surface area contributed by atoms with E-state index in [-0.39, 0.29) is 11.2 Å². The molecule has 0 saturated carbocycles. The Hall–Kier alpha value is -0.680. The molecule has 1 unspecified atom stereocenters. The van der Waals surface area contributed by atoms with E-state index in [9.17, 15) is 4.79 Å². The van der Waals surface area contributed by atoms with Gasteiger partial charge in [-0.05, 0) is 34.7 Å². The SMILES string of the molecule is CCc1nn(CC)c(CC(=O)C(OC)C(C)(C)C)c1Br. The number of ether oxygens (including phenoxy) is 1. The van der Waals surface area contributed by atoms with Crippen LogP contribution in [0.25, 0.3) is 0 Å². The Bertz CT molecular complexity index is 475. The number of rotatable bonds is 6. The summed E-state index contributed by atoms with van der Waals surface area (Å²) in [4.78, 5) is 12.5. The van der Waals surface area contributed by atoms with Crippen LogP contribution in [-0.4, -0.2) is 28.8 Å². The Balaban J connectivity index is 3.04. The second kappa shape index (κ2) is 6.85. The van der Waals surface area contributed by atoms with E-state index in [1.54, 1.807) is 7.11 Å². The number of carbonyl (C=O) groups is 1. The molecular formula is C15H25BrN2O2. The molecule has 4 nitrogen and oxygen atoms in total. The molecule has 0 spiro atoms. The van der Waals surface area contributed by atoms with E-state index in [0.29, 0.717) is 6.42 Å². The molecule has 0 bridgehead atoms. The number of Topliss-reactive ketones (excluding diaryl/α,β-unsaturated/α-hetero) is 1. The fraction of sp³-hybridized carbons (Fsp3) is 0.733. The Morgan fingerprint density at radius 2 is 2.00 bits per heavy atom. The van der Waals surface area contributed by atoms with Crippen molar-refractivity contribution in [2.24, 2.45) is 5.41 Å². The van der Waals surface area contributed by atoms with Gasteiger partial charge in [-0.1, -0.05) is 27.7 Å². The van der Waals surface area contributed by atoms with Gasteiger partial charge in [0, 0.05) is 13.7 Å². The third kappa shape index (κ3) is 3.70. The predicted molar refractivity (Wildman–Crippen MR) is 83.9 cm³/mol. The highest BCUT2D eigenvalue weighted by Crippen LogP contribution is 2.27. The number of halogens is 1. The maximum absolute atomic E-state index is 12.5. The van der Waals surface area contributed by atoms with Gasteiger partial charge >= 0.3 is 0 Å². The van der Waals surface area contributed by atoms with Crippen LogP contribution in [0.15, 0.2) is 4.47 Å². The van der Waals surface area contributed by atoms with Crippen molar-refractivity contribution in [3.05, 3.63) is 15.9 Å². The van der Waals surface area contributed by atoms with Crippen LogP contribution in [0, 0.1) is 5.41 Å². The highest BCUT2D eigenvalue weighted by atomic mass is 79.9. The molecule has 1 rings (SSSR count). The molecule has 1 aromatic heterocycles. The minimum atomic E-state index is -0.403. The molecule has 0 aliphatic carbocycles. The van der Waals surface area contributed by atoms with E-state index in [2.05, 4.69) is 28.0 Å². The molecule has 0 amide bonds. The van der Waals surface area contributed by atoms with Crippen molar-refractivity contribution in [1.82, 2.24) is 9.78 Å². The van der Waals surface area contributed by atoms with E-state index in [1.807, 2.05) is 32.4 Å². The predicted octanol–water partition coefficient (Wildman–Crippen LogP) is 3.40. The van der Waals surface area contributed by atoms with E-state index < -0.39 is 6.10 Å². The second-order valence-electron chi connectivity index (χ2n) is 6.00. The van der Waals surface area contributed by atoms with Gasteiger partial charge in [0.1, 0.15) is 6.10 Å². The lowest BCUT2D eigenvalue weighted by atomic mass is 9.85. The Morgan fingerprint density at radius 1 is 1.40 bits per heavy atom. The molecule has 0 aliphatic rings. The van der Waals surface area contributed by atoms with Crippen molar-refractivity contribution < 1.29 is 9.53 Å². The van der Waals surface area contributed by atoms with Crippen molar-refractivity contribution in [2.45, 2.75) is 60.1 Å². The van der Waals surface area contributed by atoms with Gasteiger partial charge in [0.05, 0.1) is 22.3 Å². The molecule has 0 aliphatic heterocycles. The van der Waals surface area contributed by atoms with Crippen molar-refractivity contribution in [2.75, 3.05) is 7.11 Å². The lowest BCUT2D eigenvalue weighted by molar-refractivity contribution is -0.134. The molecule has 0 saturated heterocycles. The van der Waals surface area contributed by atoms with Gasteiger partial charge < -0.3 is 4.74 Å². The first kappa shape index (κ1) is 17.4. The average Bonchev–Trinajstić information content (AvgIpc) is 2.65. The van der Waals surface area contributed by atoms with Crippen molar-refractivity contribution >= 4 is 21.7 Å². The van der Waals surface area contributed by atoms with Crippen LogP contribution in [-0.2, 0) is 28.9 Å². The zero-order chi connectivity index (χ0) is 15.5. The molecule has 1 aromatic rings. The van der Waals surface area contributed by atoms with Crippen LogP contribution >= 0.6 is 15.9 Å². The van der Waals surface area contributed by atoms with Crippen LogP contribution in [0.2, 0.25) is 0 Å². The van der Waals surface area contributed by atoms with Gasteiger partial charge in [-0.3, -0.25) is 9.48 Å². The minimum Gasteiger partial charge on any atom is -0.373 e. The lowest BCUT2D eigenvalue weighted by Crippen LogP contribution is -2.37. The summed E-state index contributed by atoms with van der Waals surface area (Å²) in [5.74, 6) is 0.0953. The molecular weight excluding hydrogens is 320 g/mol. The molecule has 1 heterocycles. The molecule has 0 N–H and O–H groups in total. The van der Waals surface area contributed by atoms with E-state index in [0.717, 1.165) is 28.8 Å². The smallest absolute Gasteiger partial charge is 0.168 e. The summed E-state index contributed by atoms with van der Waals surface area (Å²) in [6.07, 6.45) is 0.790. The van der Waals surface area contributed by atoms with Crippen LogP contribution in [0.1, 0.15) is 46.0 Å². The van der Waals surface area contributed by atoms with Gasteiger partial charge in [0.15, 0.2) is 5.78 Å². The summed E-state index contributed by atoms with van der Waals surface area (Å²) in [5, 5.41) is 4.52. The molecule has 1 atom stereocenters. The summed E-state index contributed by atoms with van der Waals surface area (Å²) in [5.41, 5.74) is 1.74. The lowest BCUT2D eigenvalue weighted by Gasteiger charge is -2.28. The molecule has 0 fully saturated rings. The van der Waals surface area contributed by atoms with Crippen molar-refractivity contribution in [3.63, 3.8) is 0 Å². The van der Waals surface area contributed by atoms with Gasteiger partial charge in [-0.15, -0.1) is 0 Å². The van der Waals surface area contributed by atoms with Gasteiger partial charge in [-0.25, -0.2) is 0 Å². The minimum absolute atomic E-state index is 0.0953. The van der Waals surface area contributed by atoms with E-state index in [1.165, 1.54) is 0 Å². The number of methoxy groups -OCH3 is 1. The molecule has 5 heteroatoms. The van der Waals surface area contributed by atoms with Gasteiger partial charge in [0.2, 0.25) is 0 Å². The number of aromatic nitrogens is 2. The Kier molecular flexibility index (Phi) is 5.95. The highest BCUT2D eigenvalue weighted by Gasteiger charge is 2.32. The average molecular weight is 345 g/mol. The fourth-order valence-electron chi connectivity index (χ4n) is 2.41. The molecule has 20 heavy (non-hydrogen) atoms. The first-order valence-corrected chi connectivity index (χ1v) is 7.85. The van der Waals surface area contributed by atoms with E-state index in [4.69, 9.17) is 4.74 Å². The molecule has 114 valence electrons. The fourth-order valence-corrected chi connectivity index (χ4v) is 3.12. The summed E-state index contributed by atoms with van der Waals surface area (Å²) in [7, 11) is 1.59. The van der Waals surface area contributed by atoms with Crippen molar-refractivity contribution in [3.8, 4) is 0 Å². The standard InChI is InChI=1S/C15H25BrN2O2/c1-7-10-13(16)11(18(8-2)17-10)9-12(19)14(20-6)15(3,4)5/h14H,7-9H2,1-6H3. The first-order valence-electron chi connectivity index (χ1n) is 7.05. The van der Waals surface area contributed by atoms with Crippen LogP contribution in [0.4, 0.5) is 0 Å². The summed E-state index contributed by atoms with van der Waals surface area (Å²) >= 11 is 3.58. The third-order valence-corrected chi connectivity index (χ3v) is 4.27. The van der Waals surface area contributed by atoms with Crippen LogP contribution in [0.5, 0.6) is 0 Å². The molecule has 0 radical (unpaired) electrons. The zero-order valence-electron chi connectivity index (χ0n) is 13.3. The zero-order valence-corrected chi connectivity index (χ0v) is 14.9. The largest absolute Gasteiger partial charge is 0.373 e. The van der Waals surface area contributed by atoms with Crippen LogP contribution < -0.4 is 0 Å². The number of hydrogen-bond acceptors (Lipinski definition) is 3. The summed E-state index contributed by atoms with van der Waals surface area (Å²) in [6, 6.07) is 0. The number of hydrogen-bond donors (Lipinski definition) is 0. The first-order chi connectivity index (χ1) is 9.26. The van der Waals surface area contributed by atoms with Gasteiger partial charge in [-0.2, -0.15) is 5.10 Å². The normalized spacial score (nSPS) is 13.6. The monoisotopic (exact) mass is 344 g/mol. The Morgan fingerprint density at radius 3 is 2.40 bits per heavy atom. The number of ketones is 1.